The lowest BCUT2D eigenvalue weighted by Crippen LogP contribution is -2.50. The van der Waals surface area contributed by atoms with Crippen LogP contribution in [0.3, 0.4) is 0 Å². The van der Waals surface area contributed by atoms with Gasteiger partial charge in [0.15, 0.2) is 0 Å². The number of halogens is 1. The second-order valence-corrected chi connectivity index (χ2v) is 6.86. The number of piperidine rings is 3. The van der Waals surface area contributed by atoms with Crippen LogP contribution in [0, 0.1) is 11.8 Å². The molecule has 3 aliphatic rings. The highest BCUT2D eigenvalue weighted by atomic mass is 35.5. The van der Waals surface area contributed by atoms with Crippen LogP contribution in [-0.2, 0) is 6.42 Å². The second-order valence-electron chi connectivity index (χ2n) is 6.42. The highest BCUT2D eigenvalue weighted by Gasteiger charge is 2.37. The van der Waals surface area contributed by atoms with E-state index in [-0.39, 0.29) is 12.4 Å². The van der Waals surface area contributed by atoms with Gasteiger partial charge in [0.05, 0.1) is 11.4 Å². The van der Waals surface area contributed by atoms with E-state index in [1.165, 1.54) is 45.2 Å². The van der Waals surface area contributed by atoms with E-state index in [1.807, 2.05) is 6.20 Å². The van der Waals surface area contributed by atoms with Crippen LogP contribution in [0.1, 0.15) is 50.4 Å². The molecule has 0 radical (unpaired) electrons. The van der Waals surface area contributed by atoms with E-state index in [2.05, 4.69) is 21.8 Å². The zero-order chi connectivity index (χ0) is 14.7. The van der Waals surface area contributed by atoms with Crippen LogP contribution in [0.5, 0.6) is 0 Å². The van der Waals surface area contributed by atoms with Crippen molar-refractivity contribution in [2.45, 2.75) is 45.4 Å². The number of nitrogens with zero attached hydrogens (tertiary/aromatic N) is 3. The molecular formula is C17H26ClN3S. The Kier molecular flexibility index (Phi) is 6.72. The molecule has 3 fully saturated rings. The van der Waals surface area contributed by atoms with Crippen molar-refractivity contribution in [2.24, 2.45) is 11.8 Å². The molecule has 2 bridgehead atoms. The molecule has 0 saturated carbocycles. The van der Waals surface area contributed by atoms with Gasteiger partial charge in [0.1, 0.15) is 0 Å². The van der Waals surface area contributed by atoms with Gasteiger partial charge in [-0.25, -0.2) is 0 Å². The summed E-state index contributed by atoms with van der Waals surface area (Å²) < 4.78 is 0. The zero-order valence-corrected chi connectivity index (χ0v) is 15.0. The summed E-state index contributed by atoms with van der Waals surface area (Å²) in [5.74, 6) is 1.29. The van der Waals surface area contributed by atoms with Crippen LogP contribution >= 0.6 is 24.6 Å². The average molecular weight is 340 g/mol. The summed E-state index contributed by atoms with van der Waals surface area (Å²) in [6.07, 6.45) is 10.9. The molecule has 3 saturated heterocycles. The summed E-state index contributed by atoms with van der Waals surface area (Å²) in [7, 11) is 0. The summed E-state index contributed by atoms with van der Waals surface area (Å²) in [5, 5.41) is 0. The number of hydrogen-bond donors (Lipinski definition) is 0. The largest absolute Gasteiger partial charge is 0.303 e. The lowest BCUT2D eigenvalue weighted by atomic mass is 9.76. The summed E-state index contributed by atoms with van der Waals surface area (Å²) in [5.41, 5.74) is 2.13. The number of unbranched alkanes of at least 4 members (excludes halogenated alkanes) is 2. The fourth-order valence-corrected chi connectivity index (χ4v) is 4.17. The third kappa shape index (κ3) is 3.84. The Balaban J connectivity index is 0.00000176. The zero-order valence-electron chi connectivity index (χ0n) is 13.3. The fourth-order valence-electron chi connectivity index (χ4n) is 3.74. The molecule has 22 heavy (non-hydrogen) atoms. The second kappa shape index (κ2) is 8.32. The van der Waals surface area contributed by atoms with E-state index in [9.17, 15) is 0 Å². The predicted molar refractivity (Wildman–Crippen MR) is 96.9 cm³/mol. The minimum atomic E-state index is 0. The first kappa shape index (κ1) is 17.8. The van der Waals surface area contributed by atoms with Gasteiger partial charge in [-0.05, 0) is 44.7 Å². The summed E-state index contributed by atoms with van der Waals surface area (Å²) in [6, 6.07) is 0. The van der Waals surface area contributed by atoms with E-state index in [0.717, 1.165) is 35.1 Å². The summed E-state index contributed by atoms with van der Waals surface area (Å²) in [6.45, 7) is 5.88. The number of hydrogen-bond acceptors (Lipinski definition) is 4. The Morgan fingerprint density at radius 1 is 1.23 bits per heavy atom. The van der Waals surface area contributed by atoms with Gasteiger partial charge in [-0.1, -0.05) is 32.0 Å². The van der Waals surface area contributed by atoms with Gasteiger partial charge in [0.25, 0.3) is 0 Å². The number of fused-ring (bicyclic) bond motifs is 3. The molecule has 5 heteroatoms. The first-order chi connectivity index (χ1) is 10.3. The molecular weight excluding hydrogens is 314 g/mol. The molecule has 0 N–H and O–H groups in total. The minimum Gasteiger partial charge on any atom is -0.303 e. The molecule has 4 rings (SSSR count). The molecule has 1 aromatic heterocycles. The van der Waals surface area contributed by atoms with Gasteiger partial charge in [0.2, 0.25) is 0 Å². The number of aryl methyl sites for hydroxylation is 1. The van der Waals surface area contributed by atoms with E-state index < -0.39 is 0 Å². The van der Waals surface area contributed by atoms with Crippen molar-refractivity contribution in [3.05, 3.63) is 23.8 Å². The van der Waals surface area contributed by atoms with Crippen molar-refractivity contribution in [3.8, 4) is 0 Å². The van der Waals surface area contributed by atoms with Crippen LogP contribution in [0.2, 0.25) is 0 Å². The van der Waals surface area contributed by atoms with Gasteiger partial charge >= 0.3 is 0 Å². The Morgan fingerprint density at radius 2 is 1.95 bits per heavy atom. The van der Waals surface area contributed by atoms with Gasteiger partial charge in [-0.15, -0.1) is 12.4 Å². The van der Waals surface area contributed by atoms with Crippen molar-refractivity contribution >= 4 is 29.5 Å². The lowest BCUT2D eigenvalue weighted by molar-refractivity contribution is 0.0832. The standard InChI is InChI=1S/C17H25N3S.ClH/c1-2-3-4-5-15-16(19-9-8-18-15)17(21)14-12-20-10-6-13(14)7-11-20;/h8-9,13-14H,2-7,10-12H2,1H3;1H. The molecule has 0 aliphatic carbocycles. The maximum absolute atomic E-state index is 5.84. The molecule has 1 atom stereocenters. The lowest BCUT2D eigenvalue weighted by Gasteiger charge is -2.45. The van der Waals surface area contributed by atoms with Crippen molar-refractivity contribution < 1.29 is 0 Å². The van der Waals surface area contributed by atoms with Crippen molar-refractivity contribution in [1.29, 1.82) is 0 Å². The Bertz CT molecular complexity index is 500. The molecule has 0 aromatic carbocycles. The van der Waals surface area contributed by atoms with Gasteiger partial charge in [-0.3, -0.25) is 9.97 Å². The van der Waals surface area contributed by atoms with Crippen molar-refractivity contribution in [3.63, 3.8) is 0 Å². The van der Waals surface area contributed by atoms with Crippen LogP contribution in [0.25, 0.3) is 0 Å². The highest BCUT2D eigenvalue weighted by Crippen LogP contribution is 2.34. The molecule has 3 nitrogen and oxygen atoms in total. The van der Waals surface area contributed by atoms with Gasteiger partial charge in [-0.2, -0.15) is 0 Å². The number of aromatic nitrogens is 2. The van der Waals surface area contributed by atoms with Gasteiger partial charge < -0.3 is 4.90 Å². The maximum atomic E-state index is 5.84. The smallest absolute Gasteiger partial charge is 0.0987 e. The van der Waals surface area contributed by atoms with Gasteiger partial charge in [0, 0.05) is 29.7 Å². The third-order valence-corrected chi connectivity index (χ3v) is 5.51. The van der Waals surface area contributed by atoms with E-state index in [0.29, 0.717) is 5.92 Å². The SMILES string of the molecule is CCCCCc1nccnc1C(=S)C1CN2CCC1CC2.Cl. The Hall–Kier alpha value is -0.580. The molecule has 1 aromatic rings. The molecule has 0 spiro atoms. The highest BCUT2D eigenvalue weighted by molar-refractivity contribution is 7.80. The topological polar surface area (TPSA) is 29.0 Å². The van der Waals surface area contributed by atoms with Crippen LogP contribution < -0.4 is 0 Å². The van der Waals surface area contributed by atoms with E-state index in [1.54, 1.807) is 6.20 Å². The summed E-state index contributed by atoms with van der Waals surface area (Å²) in [4.78, 5) is 12.8. The maximum Gasteiger partial charge on any atom is 0.0987 e. The van der Waals surface area contributed by atoms with Crippen molar-refractivity contribution in [2.75, 3.05) is 19.6 Å². The monoisotopic (exact) mass is 339 g/mol. The van der Waals surface area contributed by atoms with E-state index in [4.69, 9.17) is 12.2 Å². The normalized spacial score (nSPS) is 26.5. The van der Waals surface area contributed by atoms with Crippen molar-refractivity contribution in [1.82, 2.24) is 14.9 Å². The molecule has 0 amide bonds. The first-order valence-electron chi connectivity index (χ1n) is 8.36. The van der Waals surface area contributed by atoms with Crippen LogP contribution in [0.15, 0.2) is 12.4 Å². The molecule has 122 valence electrons. The summed E-state index contributed by atoms with van der Waals surface area (Å²) >= 11 is 5.84. The Morgan fingerprint density at radius 3 is 2.59 bits per heavy atom. The average Bonchev–Trinajstić information content (AvgIpc) is 2.56. The van der Waals surface area contributed by atoms with E-state index >= 15 is 0 Å². The number of rotatable bonds is 6. The number of thiocarbonyl (C=S) groups is 1. The fraction of sp³-hybridized carbons (Fsp3) is 0.706. The minimum absolute atomic E-state index is 0. The molecule has 3 aliphatic heterocycles. The Labute approximate surface area is 145 Å². The third-order valence-electron chi connectivity index (χ3n) is 5.02. The quantitative estimate of drug-likeness (QED) is 0.449. The molecule has 4 heterocycles. The first-order valence-corrected chi connectivity index (χ1v) is 8.77. The van der Waals surface area contributed by atoms with Crippen LogP contribution in [-0.4, -0.2) is 39.4 Å². The molecule has 1 unspecified atom stereocenters. The van der Waals surface area contributed by atoms with Crippen LogP contribution in [0.4, 0.5) is 0 Å². The predicted octanol–water partition coefficient (Wildman–Crippen LogP) is 3.69.